The van der Waals surface area contributed by atoms with Crippen molar-refractivity contribution >= 4 is 45.0 Å². The Hall–Kier alpha value is -3.34. The van der Waals surface area contributed by atoms with Crippen LogP contribution in [0.5, 0.6) is 0 Å². The molecule has 0 aliphatic carbocycles. The van der Waals surface area contributed by atoms with Crippen LogP contribution in [0.15, 0.2) is 65.8 Å². The zero-order valence-corrected chi connectivity index (χ0v) is 18.5. The summed E-state index contributed by atoms with van der Waals surface area (Å²) in [6.07, 6.45) is 2.60. The molecule has 5 rings (SSSR count). The van der Waals surface area contributed by atoms with E-state index in [0.717, 1.165) is 11.1 Å². The van der Waals surface area contributed by atoms with E-state index in [1.165, 1.54) is 23.0 Å². The monoisotopic (exact) mass is 526 g/mol. The van der Waals surface area contributed by atoms with Crippen LogP contribution in [-0.4, -0.2) is 24.1 Å². The molecule has 0 radical (unpaired) electrons. The summed E-state index contributed by atoms with van der Waals surface area (Å²) < 4.78 is 17.6. The predicted octanol–water partition coefficient (Wildman–Crippen LogP) is 4.04. The molecule has 0 aliphatic rings. The molecule has 4 heterocycles. The maximum Gasteiger partial charge on any atom is 0.263 e. The lowest BCUT2D eigenvalue weighted by Gasteiger charge is -2.19. The van der Waals surface area contributed by atoms with Crippen molar-refractivity contribution in [2.75, 3.05) is 5.73 Å². The van der Waals surface area contributed by atoms with Crippen LogP contribution in [0.4, 0.5) is 10.2 Å². The fourth-order valence-corrected chi connectivity index (χ4v) is 4.58. The van der Waals surface area contributed by atoms with E-state index in [1.54, 1.807) is 10.7 Å². The number of nitrogen functional groups attached to an aromatic ring is 1. The molecule has 1 atom stereocenters. The predicted molar refractivity (Wildman–Crippen MR) is 125 cm³/mol. The van der Waals surface area contributed by atoms with E-state index in [0.29, 0.717) is 31.6 Å². The van der Waals surface area contributed by atoms with E-state index in [1.807, 2.05) is 43.3 Å². The van der Waals surface area contributed by atoms with Gasteiger partial charge in [0.1, 0.15) is 21.7 Å². The molecule has 1 aromatic carbocycles. The zero-order valence-electron chi connectivity index (χ0n) is 16.3. The van der Waals surface area contributed by atoms with Gasteiger partial charge in [0.05, 0.1) is 17.0 Å². The van der Waals surface area contributed by atoms with Gasteiger partial charge in [-0.3, -0.25) is 9.20 Å². The molecule has 9 heteroatoms. The number of hydrogen-bond donors (Lipinski definition) is 1. The van der Waals surface area contributed by atoms with E-state index in [2.05, 4.69) is 37.7 Å². The van der Waals surface area contributed by atoms with Gasteiger partial charge < -0.3 is 5.73 Å². The van der Waals surface area contributed by atoms with E-state index in [9.17, 15) is 9.18 Å². The maximum atomic E-state index is 13.9. The summed E-state index contributed by atoms with van der Waals surface area (Å²) in [5.74, 6) is -0.126. The number of pyridine rings is 2. The van der Waals surface area contributed by atoms with Crippen molar-refractivity contribution in [1.82, 2.24) is 24.1 Å². The fourth-order valence-electron chi connectivity index (χ4n) is 3.83. The van der Waals surface area contributed by atoms with Gasteiger partial charge in [-0.25, -0.2) is 19.0 Å². The Morgan fingerprint density at radius 1 is 1.13 bits per heavy atom. The molecule has 154 valence electrons. The quantitative estimate of drug-likeness (QED) is 0.359. The minimum Gasteiger partial charge on any atom is -0.383 e. The van der Waals surface area contributed by atoms with Gasteiger partial charge in [-0.15, -0.1) is 0 Å². The number of anilines is 1. The van der Waals surface area contributed by atoms with Gasteiger partial charge in [-0.2, -0.15) is 5.10 Å². The molecule has 7 nitrogen and oxygen atoms in total. The topological polar surface area (TPSA) is 91.1 Å². The third-order valence-corrected chi connectivity index (χ3v) is 6.08. The molecule has 0 aliphatic heterocycles. The number of halogens is 2. The van der Waals surface area contributed by atoms with E-state index >= 15 is 0 Å². The van der Waals surface area contributed by atoms with E-state index in [-0.39, 0.29) is 11.6 Å². The summed E-state index contributed by atoms with van der Waals surface area (Å²) in [5, 5.41) is 5.31. The Balaban J connectivity index is 1.83. The van der Waals surface area contributed by atoms with Crippen molar-refractivity contribution in [3.05, 3.63) is 86.5 Å². The average molecular weight is 526 g/mol. The van der Waals surface area contributed by atoms with Crippen LogP contribution in [0.1, 0.15) is 18.5 Å². The molecule has 4 aromatic heterocycles. The van der Waals surface area contributed by atoms with Gasteiger partial charge in [-0.05, 0) is 58.8 Å². The fraction of sp³-hybridized carbons (Fsp3) is 0.0909. The zero-order chi connectivity index (χ0) is 21.7. The number of rotatable bonds is 3. The summed E-state index contributed by atoms with van der Waals surface area (Å²) in [6, 6.07) is 13.8. The molecule has 0 amide bonds. The highest BCUT2D eigenvalue weighted by Gasteiger charge is 2.23. The summed E-state index contributed by atoms with van der Waals surface area (Å²) in [6.45, 7) is 1.95. The first-order valence-electron chi connectivity index (χ1n) is 9.50. The van der Waals surface area contributed by atoms with Crippen LogP contribution in [-0.2, 0) is 0 Å². The minimum atomic E-state index is -0.478. The Kier molecular flexibility index (Phi) is 4.69. The number of aromatic nitrogens is 5. The van der Waals surface area contributed by atoms with Gasteiger partial charge in [0.25, 0.3) is 5.56 Å². The molecule has 31 heavy (non-hydrogen) atoms. The number of nitrogens with two attached hydrogens (primary N) is 1. The van der Waals surface area contributed by atoms with Crippen LogP contribution >= 0.6 is 22.6 Å². The van der Waals surface area contributed by atoms with Crippen molar-refractivity contribution in [2.45, 2.75) is 13.0 Å². The van der Waals surface area contributed by atoms with Gasteiger partial charge in [-0.1, -0.05) is 30.3 Å². The molecule has 0 fully saturated rings. The Labute approximate surface area is 189 Å². The van der Waals surface area contributed by atoms with Gasteiger partial charge in [0.2, 0.25) is 0 Å². The van der Waals surface area contributed by atoms with Gasteiger partial charge in [0, 0.05) is 11.7 Å². The first-order chi connectivity index (χ1) is 15.0. The lowest BCUT2D eigenvalue weighted by molar-refractivity contribution is 0.575. The van der Waals surface area contributed by atoms with Crippen LogP contribution in [0.2, 0.25) is 0 Å². The van der Waals surface area contributed by atoms with E-state index in [4.69, 9.17) is 5.73 Å². The largest absolute Gasteiger partial charge is 0.383 e. The highest BCUT2D eigenvalue weighted by atomic mass is 127. The van der Waals surface area contributed by atoms with Crippen LogP contribution in [0, 0.1) is 9.52 Å². The number of benzene rings is 1. The molecule has 0 bridgehead atoms. The Morgan fingerprint density at radius 2 is 1.90 bits per heavy atom. The first-order valence-corrected chi connectivity index (χ1v) is 10.6. The summed E-state index contributed by atoms with van der Waals surface area (Å²) in [5.41, 5.74) is 8.90. The molecule has 0 saturated carbocycles. The summed E-state index contributed by atoms with van der Waals surface area (Å²) in [7, 11) is 0. The second-order valence-corrected chi connectivity index (χ2v) is 8.18. The van der Waals surface area contributed by atoms with Gasteiger partial charge >= 0.3 is 0 Å². The smallest absolute Gasteiger partial charge is 0.263 e. The lowest BCUT2D eigenvalue weighted by Crippen LogP contribution is -2.21. The number of hydrogen-bond acceptors (Lipinski definition) is 5. The number of nitrogens with zero attached hydrogens (tertiary/aromatic N) is 5. The van der Waals surface area contributed by atoms with Crippen molar-refractivity contribution in [2.24, 2.45) is 0 Å². The molecule has 2 N–H and O–H groups in total. The Morgan fingerprint density at radius 3 is 2.68 bits per heavy atom. The number of fused-ring (bicyclic) bond motifs is 2. The minimum absolute atomic E-state index is 0.301. The third-order valence-electron chi connectivity index (χ3n) is 5.32. The Bertz CT molecular complexity index is 1510. The maximum absolute atomic E-state index is 13.9. The second kappa shape index (κ2) is 7.41. The molecule has 1 unspecified atom stereocenters. The average Bonchev–Trinajstić information content (AvgIpc) is 3.12. The normalized spacial score (nSPS) is 12.5. The van der Waals surface area contributed by atoms with Crippen LogP contribution < -0.4 is 11.3 Å². The van der Waals surface area contributed by atoms with Crippen molar-refractivity contribution < 1.29 is 4.39 Å². The summed E-state index contributed by atoms with van der Waals surface area (Å²) >= 11 is 2.10. The van der Waals surface area contributed by atoms with Crippen molar-refractivity contribution in [1.29, 1.82) is 0 Å². The van der Waals surface area contributed by atoms with Crippen molar-refractivity contribution in [3.8, 4) is 11.1 Å². The standard InChI is InChI=1S/C22H16FIN6O/c1-12(30-21-18(19(24)28-30)20(25)26-11-27-21)16-9-15-8-7-14(23)10-29(15)22(31)17(16)13-5-3-2-4-6-13/h2-12H,1H3,(H2,25,26,27). The van der Waals surface area contributed by atoms with Crippen LogP contribution in [0.25, 0.3) is 27.7 Å². The molecule has 5 aromatic rings. The van der Waals surface area contributed by atoms with Crippen LogP contribution in [0.3, 0.4) is 0 Å². The summed E-state index contributed by atoms with van der Waals surface area (Å²) in [4.78, 5) is 21.9. The SMILES string of the molecule is CC(c1cc2ccc(F)cn2c(=O)c1-c1ccccc1)n1nc(I)c2c(N)ncnc21. The highest BCUT2D eigenvalue weighted by Crippen LogP contribution is 2.32. The molecule has 0 spiro atoms. The molecule has 0 saturated heterocycles. The highest BCUT2D eigenvalue weighted by molar-refractivity contribution is 14.1. The van der Waals surface area contributed by atoms with E-state index < -0.39 is 5.82 Å². The second-order valence-electron chi connectivity index (χ2n) is 7.16. The molecular weight excluding hydrogens is 510 g/mol. The third kappa shape index (κ3) is 3.16. The lowest BCUT2D eigenvalue weighted by atomic mass is 9.96. The molecular formula is C22H16FIN6O. The first kappa shape index (κ1) is 19.6. The van der Waals surface area contributed by atoms with Gasteiger partial charge in [0.15, 0.2) is 5.65 Å². The van der Waals surface area contributed by atoms with Crippen molar-refractivity contribution in [3.63, 3.8) is 0 Å².